The van der Waals surface area contributed by atoms with Gasteiger partial charge < -0.3 is 10.6 Å². The van der Waals surface area contributed by atoms with Crippen LogP contribution in [0.3, 0.4) is 0 Å². The lowest BCUT2D eigenvalue weighted by molar-refractivity contribution is 0.0951. The molecule has 20 heavy (non-hydrogen) atoms. The Kier molecular flexibility index (Phi) is 4.30. The van der Waals surface area contributed by atoms with E-state index in [0.717, 1.165) is 17.3 Å². The van der Waals surface area contributed by atoms with E-state index in [0.29, 0.717) is 12.4 Å². The Labute approximate surface area is 117 Å². The molecule has 0 saturated heterocycles. The van der Waals surface area contributed by atoms with Gasteiger partial charge in [-0.25, -0.2) is 9.37 Å². The van der Waals surface area contributed by atoms with Crippen molar-refractivity contribution in [2.75, 3.05) is 12.4 Å². The van der Waals surface area contributed by atoms with E-state index < -0.39 is 5.82 Å². The largest absolute Gasteiger partial charge is 0.372 e. The zero-order valence-electron chi connectivity index (χ0n) is 11.4. The second-order valence-electron chi connectivity index (χ2n) is 4.47. The number of hydrogen-bond acceptors (Lipinski definition) is 3. The molecule has 2 aromatic rings. The molecule has 0 unspecified atom stereocenters. The number of aromatic nitrogens is 1. The predicted octanol–water partition coefficient (Wildman–Crippen LogP) is 2.50. The molecule has 1 aromatic carbocycles. The first kappa shape index (κ1) is 14.0. The van der Waals surface area contributed by atoms with E-state index in [4.69, 9.17) is 0 Å². The van der Waals surface area contributed by atoms with Crippen LogP contribution in [-0.2, 0) is 6.54 Å². The summed E-state index contributed by atoms with van der Waals surface area (Å²) in [5, 5.41) is 5.52. The molecule has 1 aromatic heterocycles. The highest BCUT2D eigenvalue weighted by Gasteiger charge is 2.12. The summed E-state index contributed by atoms with van der Waals surface area (Å²) in [6.07, 6.45) is 1.07. The number of carbonyl (C=O) groups excluding carboxylic acids is 1. The van der Waals surface area contributed by atoms with Crippen LogP contribution < -0.4 is 10.6 Å². The number of rotatable bonds is 4. The van der Waals surface area contributed by atoms with Crippen LogP contribution in [0.1, 0.15) is 21.5 Å². The van der Waals surface area contributed by atoms with E-state index >= 15 is 0 Å². The summed E-state index contributed by atoms with van der Waals surface area (Å²) < 4.78 is 13.2. The maximum atomic E-state index is 13.2. The molecule has 0 aliphatic carbocycles. The van der Waals surface area contributed by atoms with Crippen LogP contribution in [0, 0.1) is 12.7 Å². The fourth-order valence-electron chi connectivity index (χ4n) is 1.80. The molecule has 1 amide bonds. The summed E-state index contributed by atoms with van der Waals surface area (Å²) in [6, 6.07) is 9.01. The summed E-state index contributed by atoms with van der Waals surface area (Å²) in [7, 11) is 1.64. The van der Waals surface area contributed by atoms with Gasteiger partial charge in [-0.1, -0.05) is 29.8 Å². The van der Waals surface area contributed by atoms with Gasteiger partial charge >= 0.3 is 0 Å². The molecule has 0 aliphatic heterocycles. The van der Waals surface area contributed by atoms with E-state index in [2.05, 4.69) is 15.6 Å². The van der Waals surface area contributed by atoms with Crippen LogP contribution in [-0.4, -0.2) is 17.9 Å². The summed E-state index contributed by atoms with van der Waals surface area (Å²) in [5.41, 5.74) is 2.34. The number of halogens is 1. The number of pyridine rings is 1. The van der Waals surface area contributed by atoms with Crippen LogP contribution in [0.15, 0.2) is 36.5 Å². The van der Waals surface area contributed by atoms with Gasteiger partial charge in [-0.3, -0.25) is 4.79 Å². The van der Waals surface area contributed by atoms with Crippen molar-refractivity contribution in [3.8, 4) is 0 Å². The van der Waals surface area contributed by atoms with E-state index in [1.807, 2.05) is 31.2 Å². The molecule has 1 heterocycles. The Balaban J connectivity index is 2.08. The number of nitrogens with zero attached hydrogens (tertiary/aromatic N) is 1. The summed E-state index contributed by atoms with van der Waals surface area (Å²) in [4.78, 5) is 15.9. The molecule has 5 heteroatoms. The number of hydrogen-bond donors (Lipinski definition) is 2. The normalized spacial score (nSPS) is 10.2. The van der Waals surface area contributed by atoms with Gasteiger partial charge in [0.15, 0.2) is 0 Å². The van der Waals surface area contributed by atoms with Gasteiger partial charge in [0.2, 0.25) is 0 Å². The molecular weight excluding hydrogens is 257 g/mol. The van der Waals surface area contributed by atoms with E-state index in [9.17, 15) is 9.18 Å². The van der Waals surface area contributed by atoms with Crippen molar-refractivity contribution in [3.63, 3.8) is 0 Å². The quantitative estimate of drug-likeness (QED) is 0.900. The first-order chi connectivity index (χ1) is 9.60. The first-order valence-corrected chi connectivity index (χ1v) is 6.27. The van der Waals surface area contributed by atoms with Crippen LogP contribution in [0.25, 0.3) is 0 Å². The minimum atomic E-state index is -0.538. The zero-order chi connectivity index (χ0) is 14.5. The van der Waals surface area contributed by atoms with Gasteiger partial charge in [-0.15, -0.1) is 0 Å². The lowest BCUT2D eigenvalue weighted by Crippen LogP contribution is -2.24. The van der Waals surface area contributed by atoms with Crippen molar-refractivity contribution in [1.29, 1.82) is 0 Å². The molecule has 0 spiro atoms. The van der Waals surface area contributed by atoms with E-state index in [1.165, 1.54) is 6.07 Å². The average molecular weight is 273 g/mol. The molecule has 4 nitrogen and oxygen atoms in total. The lowest BCUT2D eigenvalue weighted by atomic mass is 10.1. The molecule has 104 valence electrons. The van der Waals surface area contributed by atoms with Crippen LogP contribution in [0.2, 0.25) is 0 Å². The van der Waals surface area contributed by atoms with Crippen molar-refractivity contribution >= 4 is 11.7 Å². The third kappa shape index (κ3) is 3.32. The summed E-state index contributed by atoms with van der Waals surface area (Å²) in [6.45, 7) is 2.39. The van der Waals surface area contributed by atoms with Crippen molar-refractivity contribution in [2.24, 2.45) is 0 Å². The first-order valence-electron chi connectivity index (χ1n) is 6.27. The molecule has 0 radical (unpaired) electrons. The molecule has 2 rings (SSSR count). The molecule has 0 aliphatic rings. The van der Waals surface area contributed by atoms with Gasteiger partial charge in [0, 0.05) is 13.6 Å². The molecule has 0 saturated carbocycles. The fourth-order valence-corrected chi connectivity index (χ4v) is 1.80. The van der Waals surface area contributed by atoms with Gasteiger partial charge in [0.1, 0.15) is 11.6 Å². The third-order valence-electron chi connectivity index (χ3n) is 2.91. The second kappa shape index (κ2) is 6.14. The molecule has 0 fully saturated rings. The van der Waals surface area contributed by atoms with Crippen LogP contribution >= 0.6 is 0 Å². The lowest BCUT2D eigenvalue weighted by Gasteiger charge is -2.09. The average Bonchev–Trinajstić information content (AvgIpc) is 2.46. The number of benzene rings is 1. The topological polar surface area (TPSA) is 54.0 Å². The van der Waals surface area contributed by atoms with Crippen LogP contribution in [0.5, 0.6) is 0 Å². The Morgan fingerprint density at radius 3 is 2.65 bits per heavy atom. The van der Waals surface area contributed by atoms with Crippen LogP contribution in [0.4, 0.5) is 10.2 Å². The highest BCUT2D eigenvalue weighted by molar-refractivity contribution is 5.98. The van der Waals surface area contributed by atoms with E-state index in [1.54, 1.807) is 7.05 Å². The third-order valence-corrected chi connectivity index (χ3v) is 2.91. The number of carbonyl (C=O) groups is 1. The molecule has 2 N–H and O–H groups in total. The van der Waals surface area contributed by atoms with Crippen molar-refractivity contribution in [1.82, 2.24) is 10.3 Å². The number of aryl methyl sites for hydroxylation is 1. The second-order valence-corrected chi connectivity index (χ2v) is 4.47. The molecule has 0 atom stereocenters. The fraction of sp³-hybridized carbons (Fsp3) is 0.200. The smallest absolute Gasteiger partial charge is 0.255 e. The summed E-state index contributed by atoms with van der Waals surface area (Å²) in [5.74, 6) is -0.542. The highest BCUT2D eigenvalue weighted by Crippen LogP contribution is 2.13. The number of amides is 1. The SMILES string of the molecule is CNc1ncc(F)cc1C(=O)NCc1ccc(C)cc1. The number of nitrogens with one attached hydrogen (secondary N) is 2. The van der Waals surface area contributed by atoms with E-state index in [-0.39, 0.29) is 11.5 Å². The monoisotopic (exact) mass is 273 g/mol. The highest BCUT2D eigenvalue weighted by atomic mass is 19.1. The molecular formula is C15H16FN3O. The standard InChI is InChI=1S/C15H16FN3O/c1-10-3-5-11(6-4-10)8-19-15(20)13-7-12(16)9-18-14(13)17-2/h3-7,9H,8H2,1-2H3,(H,17,18)(H,19,20). The Morgan fingerprint density at radius 1 is 1.30 bits per heavy atom. The minimum Gasteiger partial charge on any atom is -0.372 e. The summed E-state index contributed by atoms with van der Waals surface area (Å²) >= 11 is 0. The maximum absolute atomic E-state index is 13.2. The van der Waals surface area contributed by atoms with Gasteiger partial charge in [-0.05, 0) is 18.6 Å². The zero-order valence-corrected chi connectivity index (χ0v) is 11.4. The van der Waals surface area contributed by atoms with Gasteiger partial charge in [0.25, 0.3) is 5.91 Å². The van der Waals surface area contributed by atoms with Gasteiger partial charge in [-0.2, -0.15) is 0 Å². The Bertz CT molecular complexity index is 611. The van der Waals surface area contributed by atoms with Crippen molar-refractivity contribution < 1.29 is 9.18 Å². The van der Waals surface area contributed by atoms with Crippen molar-refractivity contribution in [3.05, 3.63) is 59.0 Å². The Morgan fingerprint density at radius 2 is 2.00 bits per heavy atom. The van der Waals surface area contributed by atoms with Crippen molar-refractivity contribution in [2.45, 2.75) is 13.5 Å². The Hall–Kier alpha value is -2.43. The minimum absolute atomic E-state index is 0.194. The maximum Gasteiger partial charge on any atom is 0.255 e. The predicted molar refractivity (Wildman–Crippen MR) is 76.1 cm³/mol. The number of anilines is 1. The van der Waals surface area contributed by atoms with Gasteiger partial charge in [0.05, 0.1) is 11.8 Å². The molecule has 0 bridgehead atoms.